The Morgan fingerprint density at radius 1 is 1.35 bits per heavy atom. The number of nitrogens with one attached hydrogen (secondary N) is 2. The number of benzene rings is 1. The Labute approximate surface area is 119 Å². The van der Waals surface area contributed by atoms with Crippen molar-refractivity contribution in [2.45, 2.75) is 13.5 Å². The highest BCUT2D eigenvalue weighted by atomic mass is 19.1. The van der Waals surface area contributed by atoms with Gasteiger partial charge in [-0.2, -0.15) is 0 Å². The molecule has 0 saturated heterocycles. The molecule has 0 saturated carbocycles. The first kappa shape index (κ1) is 16.2. The average molecular weight is 283 g/mol. The molecule has 0 bridgehead atoms. The van der Waals surface area contributed by atoms with Crippen LogP contribution in [0.3, 0.4) is 0 Å². The maximum atomic E-state index is 13.5. The second-order valence-corrected chi connectivity index (χ2v) is 4.02. The van der Waals surface area contributed by atoms with Crippen molar-refractivity contribution in [1.82, 2.24) is 10.6 Å². The molecule has 112 valence electrons. The maximum absolute atomic E-state index is 13.5. The molecule has 0 unspecified atom stereocenters. The van der Waals surface area contributed by atoms with Crippen LogP contribution in [0.15, 0.2) is 23.2 Å². The number of halogens is 1. The molecule has 0 aliphatic heterocycles. The molecule has 0 aliphatic carbocycles. The third kappa shape index (κ3) is 5.44. The topological polar surface area (TPSA) is 54.9 Å². The van der Waals surface area contributed by atoms with E-state index in [1.807, 2.05) is 13.0 Å². The van der Waals surface area contributed by atoms with E-state index in [1.165, 1.54) is 13.2 Å². The van der Waals surface area contributed by atoms with Gasteiger partial charge in [-0.3, -0.25) is 4.99 Å². The second-order valence-electron chi connectivity index (χ2n) is 4.02. The third-order valence-corrected chi connectivity index (χ3v) is 2.64. The highest BCUT2D eigenvalue weighted by molar-refractivity contribution is 5.79. The van der Waals surface area contributed by atoms with Crippen molar-refractivity contribution in [3.05, 3.63) is 29.6 Å². The first-order valence-corrected chi connectivity index (χ1v) is 6.56. The average Bonchev–Trinajstić information content (AvgIpc) is 2.46. The van der Waals surface area contributed by atoms with E-state index in [4.69, 9.17) is 9.47 Å². The van der Waals surface area contributed by atoms with Crippen molar-refractivity contribution in [2.75, 3.05) is 33.9 Å². The lowest BCUT2D eigenvalue weighted by Gasteiger charge is -2.12. The van der Waals surface area contributed by atoms with Gasteiger partial charge in [0.15, 0.2) is 17.5 Å². The molecule has 0 radical (unpaired) electrons. The summed E-state index contributed by atoms with van der Waals surface area (Å²) < 4.78 is 23.6. The van der Waals surface area contributed by atoms with Gasteiger partial charge in [-0.1, -0.05) is 6.07 Å². The molecule has 0 aliphatic rings. The molecule has 0 heterocycles. The van der Waals surface area contributed by atoms with Gasteiger partial charge in [0.05, 0.1) is 13.7 Å². The van der Waals surface area contributed by atoms with Crippen LogP contribution in [0.5, 0.6) is 5.75 Å². The predicted molar refractivity (Wildman–Crippen MR) is 77.6 cm³/mol. The SMILES string of the molecule is CCOCCNC(=NC)NCc1ccc(OC)c(F)c1. The minimum Gasteiger partial charge on any atom is -0.494 e. The van der Waals surface area contributed by atoms with Crippen LogP contribution < -0.4 is 15.4 Å². The van der Waals surface area contributed by atoms with Crippen molar-refractivity contribution >= 4 is 5.96 Å². The lowest BCUT2D eigenvalue weighted by Crippen LogP contribution is -2.38. The van der Waals surface area contributed by atoms with Crippen LogP contribution in [0.1, 0.15) is 12.5 Å². The quantitative estimate of drug-likeness (QED) is 0.453. The van der Waals surface area contributed by atoms with E-state index in [-0.39, 0.29) is 11.6 Å². The van der Waals surface area contributed by atoms with Crippen LogP contribution in [0.2, 0.25) is 0 Å². The monoisotopic (exact) mass is 283 g/mol. The maximum Gasteiger partial charge on any atom is 0.191 e. The Hall–Kier alpha value is -1.82. The molecular weight excluding hydrogens is 261 g/mol. The first-order valence-electron chi connectivity index (χ1n) is 6.56. The van der Waals surface area contributed by atoms with Gasteiger partial charge in [-0.15, -0.1) is 0 Å². The standard InChI is InChI=1S/C14H22FN3O2/c1-4-20-8-7-17-14(16-2)18-10-11-5-6-13(19-3)12(15)9-11/h5-6,9H,4,7-8,10H2,1-3H3,(H2,16,17,18). The van der Waals surface area contributed by atoms with Crippen LogP contribution in [0, 0.1) is 5.82 Å². The second kappa shape index (κ2) is 9.14. The summed E-state index contributed by atoms with van der Waals surface area (Å²) in [6.07, 6.45) is 0. The fourth-order valence-corrected chi connectivity index (χ4v) is 1.61. The Kier molecular flexibility index (Phi) is 7.42. The molecule has 1 aromatic rings. The molecule has 0 amide bonds. The lowest BCUT2D eigenvalue weighted by molar-refractivity contribution is 0.152. The summed E-state index contributed by atoms with van der Waals surface area (Å²) >= 11 is 0. The third-order valence-electron chi connectivity index (χ3n) is 2.64. The Morgan fingerprint density at radius 3 is 2.75 bits per heavy atom. The van der Waals surface area contributed by atoms with Crippen molar-refractivity contribution in [1.29, 1.82) is 0 Å². The van der Waals surface area contributed by atoms with E-state index < -0.39 is 0 Å². The van der Waals surface area contributed by atoms with Gasteiger partial charge < -0.3 is 20.1 Å². The number of aliphatic imine (C=N–C) groups is 1. The lowest BCUT2D eigenvalue weighted by atomic mass is 10.2. The van der Waals surface area contributed by atoms with Gasteiger partial charge in [0.25, 0.3) is 0 Å². The van der Waals surface area contributed by atoms with E-state index in [0.29, 0.717) is 32.3 Å². The van der Waals surface area contributed by atoms with Gasteiger partial charge in [0.2, 0.25) is 0 Å². The summed E-state index contributed by atoms with van der Waals surface area (Å²) in [5.74, 6) is 0.528. The van der Waals surface area contributed by atoms with Crippen LogP contribution >= 0.6 is 0 Å². The van der Waals surface area contributed by atoms with E-state index in [9.17, 15) is 4.39 Å². The van der Waals surface area contributed by atoms with Gasteiger partial charge in [-0.25, -0.2) is 4.39 Å². The zero-order valence-corrected chi connectivity index (χ0v) is 12.2. The van der Waals surface area contributed by atoms with Crippen LogP contribution in [-0.4, -0.2) is 39.9 Å². The summed E-state index contributed by atoms with van der Waals surface area (Å²) in [5.41, 5.74) is 0.816. The summed E-state index contributed by atoms with van der Waals surface area (Å²) in [6, 6.07) is 4.86. The molecule has 1 aromatic carbocycles. The highest BCUT2D eigenvalue weighted by Gasteiger charge is 2.04. The van der Waals surface area contributed by atoms with Crippen LogP contribution in [0.25, 0.3) is 0 Å². The summed E-state index contributed by atoms with van der Waals surface area (Å²) in [4.78, 5) is 4.08. The highest BCUT2D eigenvalue weighted by Crippen LogP contribution is 2.17. The van der Waals surface area contributed by atoms with Crippen LogP contribution in [0.4, 0.5) is 4.39 Å². The van der Waals surface area contributed by atoms with Crippen molar-refractivity contribution in [2.24, 2.45) is 4.99 Å². The minimum atomic E-state index is -0.369. The van der Waals surface area contributed by atoms with Crippen LogP contribution in [-0.2, 0) is 11.3 Å². The molecule has 0 atom stereocenters. The summed E-state index contributed by atoms with van der Waals surface area (Å²) in [7, 11) is 3.13. The summed E-state index contributed by atoms with van der Waals surface area (Å²) in [6.45, 7) is 4.41. The number of hydrogen-bond donors (Lipinski definition) is 2. The number of nitrogens with zero attached hydrogens (tertiary/aromatic N) is 1. The van der Waals surface area contributed by atoms with Crippen molar-refractivity contribution in [3.8, 4) is 5.75 Å². The fourth-order valence-electron chi connectivity index (χ4n) is 1.61. The van der Waals surface area contributed by atoms with Gasteiger partial charge in [0.1, 0.15) is 0 Å². The molecule has 0 aromatic heterocycles. The van der Waals surface area contributed by atoms with E-state index >= 15 is 0 Å². The number of rotatable bonds is 7. The normalized spacial score (nSPS) is 11.3. The molecule has 0 spiro atoms. The number of ether oxygens (including phenoxy) is 2. The Morgan fingerprint density at radius 2 is 2.15 bits per heavy atom. The molecule has 2 N–H and O–H groups in total. The fraction of sp³-hybridized carbons (Fsp3) is 0.500. The zero-order chi connectivity index (χ0) is 14.8. The predicted octanol–water partition coefficient (Wildman–Crippen LogP) is 1.54. The van der Waals surface area contributed by atoms with Crippen molar-refractivity contribution in [3.63, 3.8) is 0 Å². The van der Waals surface area contributed by atoms with E-state index in [1.54, 1.807) is 13.1 Å². The van der Waals surface area contributed by atoms with Gasteiger partial charge in [0, 0.05) is 26.7 Å². The van der Waals surface area contributed by atoms with E-state index in [2.05, 4.69) is 15.6 Å². The first-order chi connectivity index (χ1) is 9.71. The van der Waals surface area contributed by atoms with Gasteiger partial charge in [-0.05, 0) is 24.6 Å². The largest absolute Gasteiger partial charge is 0.494 e. The zero-order valence-electron chi connectivity index (χ0n) is 12.2. The molecule has 20 heavy (non-hydrogen) atoms. The van der Waals surface area contributed by atoms with Gasteiger partial charge >= 0.3 is 0 Å². The molecular formula is C14H22FN3O2. The minimum absolute atomic E-state index is 0.243. The summed E-state index contributed by atoms with van der Waals surface area (Å²) in [5, 5.41) is 6.21. The Bertz CT molecular complexity index is 438. The number of methoxy groups -OCH3 is 1. The molecule has 5 nitrogen and oxygen atoms in total. The molecule has 6 heteroatoms. The number of hydrogen-bond acceptors (Lipinski definition) is 3. The van der Waals surface area contributed by atoms with E-state index in [0.717, 1.165) is 5.56 Å². The number of guanidine groups is 1. The smallest absolute Gasteiger partial charge is 0.191 e. The Balaban J connectivity index is 2.42. The molecule has 1 rings (SSSR count). The van der Waals surface area contributed by atoms with Crippen molar-refractivity contribution < 1.29 is 13.9 Å². The molecule has 0 fully saturated rings.